The third kappa shape index (κ3) is 2.97. The van der Waals surface area contributed by atoms with E-state index in [-0.39, 0.29) is 0 Å². The summed E-state index contributed by atoms with van der Waals surface area (Å²) in [5.41, 5.74) is 0. The largest absolute Gasteiger partial charge is 0.465 e. The molecular formula is C18H28N2O2. The molecule has 1 aromatic rings. The van der Waals surface area contributed by atoms with E-state index in [4.69, 9.17) is 9.15 Å². The zero-order valence-corrected chi connectivity index (χ0v) is 13.7. The Balaban J connectivity index is 1.34. The average molecular weight is 304 g/mol. The molecular weight excluding hydrogens is 276 g/mol. The SMILES string of the molecule is Cc1ccc(CN2CC[C@@H]3[C@@H]2CCN3CC2CCOCC2)o1. The summed E-state index contributed by atoms with van der Waals surface area (Å²) in [6.07, 6.45) is 5.16. The molecule has 3 saturated heterocycles. The van der Waals surface area contributed by atoms with Crippen LogP contribution < -0.4 is 0 Å². The van der Waals surface area contributed by atoms with Crippen molar-refractivity contribution in [1.82, 2.24) is 9.80 Å². The standard InChI is InChI=1S/C18H28N2O2/c1-14-2-3-16(22-14)13-20-9-5-17-18(20)4-8-19(17)12-15-6-10-21-11-7-15/h2-3,15,17-18H,4-13H2,1H3/t17-,18+/m1/s1. The van der Waals surface area contributed by atoms with Crippen LogP contribution in [0.15, 0.2) is 16.5 Å². The summed E-state index contributed by atoms with van der Waals surface area (Å²) in [7, 11) is 0. The minimum atomic E-state index is 0.741. The third-order valence-corrected chi connectivity index (χ3v) is 5.79. The number of ether oxygens (including phenoxy) is 1. The molecule has 3 fully saturated rings. The summed E-state index contributed by atoms with van der Waals surface area (Å²) >= 11 is 0. The van der Waals surface area contributed by atoms with Gasteiger partial charge in [-0.15, -0.1) is 0 Å². The zero-order valence-electron chi connectivity index (χ0n) is 13.7. The molecule has 0 saturated carbocycles. The summed E-state index contributed by atoms with van der Waals surface area (Å²) in [4.78, 5) is 5.42. The molecule has 0 spiro atoms. The van der Waals surface area contributed by atoms with Crippen LogP contribution >= 0.6 is 0 Å². The zero-order chi connectivity index (χ0) is 14.9. The van der Waals surface area contributed by atoms with E-state index in [9.17, 15) is 0 Å². The third-order valence-electron chi connectivity index (χ3n) is 5.79. The van der Waals surface area contributed by atoms with Crippen molar-refractivity contribution < 1.29 is 9.15 Å². The number of fused-ring (bicyclic) bond motifs is 1. The lowest BCUT2D eigenvalue weighted by Crippen LogP contribution is -2.39. The molecule has 0 radical (unpaired) electrons. The van der Waals surface area contributed by atoms with E-state index in [0.29, 0.717) is 0 Å². The van der Waals surface area contributed by atoms with Gasteiger partial charge in [-0.25, -0.2) is 0 Å². The molecule has 3 aliphatic rings. The molecule has 4 nitrogen and oxygen atoms in total. The topological polar surface area (TPSA) is 28.9 Å². The Labute approximate surface area is 133 Å². The molecule has 4 heteroatoms. The van der Waals surface area contributed by atoms with E-state index in [1.807, 2.05) is 6.92 Å². The first-order valence-corrected chi connectivity index (χ1v) is 8.91. The molecule has 0 unspecified atom stereocenters. The van der Waals surface area contributed by atoms with Gasteiger partial charge in [0, 0.05) is 44.9 Å². The van der Waals surface area contributed by atoms with Crippen molar-refractivity contribution in [3.05, 3.63) is 23.7 Å². The Hall–Kier alpha value is -0.840. The number of rotatable bonds is 4. The second-order valence-corrected chi connectivity index (χ2v) is 7.25. The summed E-state index contributed by atoms with van der Waals surface area (Å²) < 4.78 is 11.3. The Bertz CT molecular complexity index is 495. The van der Waals surface area contributed by atoms with Gasteiger partial charge in [0.2, 0.25) is 0 Å². The molecule has 1 aromatic heterocycles. The van der Waals surface area contributed by atoms with Crippen LogP contribution in [-0.2, 0) is 11.3 Å². The van der Waals surface area contributed by atoms with Crippen LogP contribution in [0.4, 0.5) is 0 Å². The van der Waals surface area contributed by atoms with Gasteiger partial charge in [-0.1, -0.05) is 0 Å². The van der Waals surface area contributed by atoms with Crippen LogP contribution in [0, 0.1) is 12.8 Å². The van der Waals surface area contributed by atoms with Crippen LogP contribution in [0.25, 0.3) is 0 Å². The second kappa shape index (κ2) is 6.34. The smallest absolute Gasteiger partial charge is 0.118 e. The maximum absolute atomic E-state index is 5.77. The lowest BCUT2D eigenvalue weighted by Gasteiger charge is -2.30. The number of likely N-dealkylation sites (tertiary alicyclic amines) is 2. The van der Waals surface area contributed by atoms with E-state index in [2.05, 4.69) is 21.9 Å². The number of furan rings is 1. The predicted octanol–water partition coefficient (Wildman–Crippen LogP) is 2.66. The van der Waals surface area contributed by atoms with Gasteiger partial charge in [-0.3, -0.25) is 9.80 Å². The lowest BCUT2D eigenvalue weighted by atomic mass is 9.99. The first-order chi connectivity index (χ1) is 10.8. The maximum atomic E-state index is 5.77. The summed E-state index contributed by atoms with van der Waals surface area (Å²) in [5.74, 6) is 3.01. The highest BCUT2D eigenvalue weighted by atomic mass is 16.5. The van der Waals surface area contributed by atoms with E-state index in [1.54, 1.807) is 0 Å². The summed E-state index contributed by atoms with van der Waals surface area (Å²) in [6, 6.07) is 5.73. The predicted molar refractivity (Wildman–Crippen MR) is 85.8 cm³/mol. The Morgan fingerprint density at radius 2 is 1.73 bits per heavy atom. The highest BCUT2D eigenvalue weighted by molar-refractivity contribution is 5.07. The highest BCUT2D eigenvalue weighted by Gasteiger charge is 2.42. The van der Waals surface area contributed by atoms with Gasteiger partial charge in [0.25, 0.3) is 0 Å². The Kier molecular flexibility index (Phi) is 4.25. The maximum Gasteiger partial charge on any atom is 0.118 e. The van der Waals surface area contributed by atoms with Gasteiger partial charge in [0.15, 0.2) is 0 Å². The van der Waals surface area contributed by atoms with E-state index >= 15 is 0 Å². The van der Waals surface area contributed by atoms with Gasteiger partial charge >= 0.3 is 0 Å². The van der Waals surface area contributed by atoms with Crippen LogP contribution in [0.2, 0.25) is 0 Å². The first-order valence-electron chi connectivity index (χ1n) is 8.91. The fraction of sp³-hybridized carbons (Fsp3) is 0.778. The fourth-order valence-electron chi connectivity index (χ4n) is 4.62. The molecule has 3 aliphatic heterocycles. The first kappa shape index (κ1) is 14.7. The van der Waals surface area contributed by atoms with Crippen LogP contribution in [0.3, 0.4) is 0 Å². The number of hydrogen-bond donors (Lipinski definition) is 0. The monoisotopic (exact) mass is 304 g/mol. The molecule has 0 amide bonds. The van der Waals surface area contributed by atoms with Crippen molar-refractivity contribution in [1.29, 1.82) is 0 Å². The quantitative estimate of drug-likeness (QED) is 0.855. The molecule has 2 atom stereocenters. The van der Waals surface area contributed by atoms with Crippen molar-refractivity contribution in [2.75, 3.05) is 32.8 Å². The van der Waals surface area contributed by atoms with Crippen LogP contribution in [-0.4, -0.2) is 54.7 Å². The second-order valence-electron chi connectivity index (χ2n) is 7.25. The molecule has 0 N–H and O–H groups in total. The van der Waals surface area contributed by atoms with E-state index < -0.39 is 0 Å². The van der Waals surface area contributed by atoms with E-state index in [1.165, 1.54) is 45.3 Å². The van der Waals surface area contributed by atoms with Crippen molar-refractivity contribution in [2.45, 2.75) is 51.2 Å². The molecule has 4 heterocycles. The molecule has 0 aromatic carbocycles. The Morgan fingerprint density at radius 3 is 2.45 bits per heavy atom. The molecule has 4 rings (SSSR count). The van der Waals surface area contributed by atoms with E-state index in [0.717, 1.165) is 49.3 Å². The van der Waals surface area contributed by atoms with Crippen LogP contribution in [0.1, 0.15) is 37.2 Å². The minimum absolute atomic E-state index is 0.741. The summed E-state index contributed by atoms with van der Waals surface area (Å²) in [5, 5.41) is 0. The number of nitrogens with zero attached hydrogens (tertiary/aromatic N) is 2. The van der Waals surface area contributed by atoms with Gasteiger partial charge in [0.1, 0.15) is 11.5 Å². The highest BCUT2D eigenvalue weighted by Crippen LogP contribution is 2.34. The number of hydrogen-bond acceptors (Lipinski definition) is 4. The Morgan fingerprint density at radius 1 is 1.00 bits per heavy atom. The fourth-order valence-corrected chi connectivity index (χ4v) is 4.62. The van der Waals surface area contributed by atoms with Crippen molar-refractivity contribution in [3.8, 4) is 0 Å². The summed E-state index contributed by atoms with van der Waals surface area (Å²) in [6.45, 7) is 8.74. The van der Waals surface area contributed by atoms with Crippen LogP contribution in [0.5, 0.6) is 0 Å². The normalized spacial score (nSPS) is 31.0. The molecule has 22 heavy (non-hydrogen) atoms. The number of aryl methyl sites for hydroxylation is 1. The van der Waals surface area contributed by atoms with Crippen molar-refractivity contribution in [2.24, 2.45) is 5.92 Å². The van der Waals surface area contributed by atoms with Crippen molar-refractivity contribution in [3.63, 3.8) is 0 Å². The van der Waals surface area contributed by atoms with Gasteiger partial charge < -0.3 is 9.15 Å². The molecule has 0 aliphatic carbocycles. The van der Waals surface area contributed by atoms with Gasteiger partial charge in [-0.2, -0.15) is 0 Å². The average Bonchev–Trinajstić information content (AvgIpc) is 3.21. The van der Waals surface area contributed by atoms with Crippen molar-refractivity contribution >= 4 is 0 Å². The lowest BCUT2D eigenvalue weighted by molar-refractivity contribution is 0.0503. The van der Waals surface area contributed by atoms with Gasteiger partial charge in [-0.05, 0) is 50.7 Å². The molecule has 122 valence electrons. The minimum Gasteiger partial charge on any atom is -0.465 e. The van der Waals surface area contributed by atoms with Gasteiger partial charge in [0.05, 0.1) is 6.54 Å². The molecule has 0 bridgehead atoms.